The highest BCUT2D eigenvalue weighted by molar-refractivity contribution is 5.72. The van der Waals surface area contributed by atoms with Crippen molar-refractivity contribution in [2.24, 2.45) is 5.11 Å². The van der Waals surface area contributed by atoms with Gasteiger partial charge in [0.25, 0.3) is 5.56 Å². The molecule has 0 saturated carbocycles. The number of imidazole rings is 1. The molecule has 5 N–H and O–H groups in total. The summed E-state index contributed by atoms with van der Waals surface area (Å²) in [6, 6.07) is 0. The van der Waals surface area contributed by atoms with Gasteiger partial charge in [-0.25, -0.2) is 9.36 Å². The van der Waals surface area contributed by atoms with Crippen molar-refractivity contribution in [1.29, 1.82) is 0 Å². The van der Waals surface area contributed by atoms with E-state index in [1.807, 2.05) is 0 Å². The highest BCUT2D eigenvalue weighted by Crippen LogP contribution is 2.31. The summed E-state index contributed by atoms with van der Waals surface area (Å²) < 4.78 is 7.59. The number of aromatic nitrogens is 4. The third kappa shape index (κ3) is 3.14. The lowest BCUT2D eigenvalue weighted by atomic mass is 10.1. The molecule has 2 aromatic heterocycles. The average molecular weight is 376 g/mol. The average Bonchev–Trinajstić information content (AvgIpc) is 3.11. The second kappa shape index (κ2) is 7.14. The smallest absolute Gasteiger partial charge is 0.333 e. The number of nitrogens with one attached hydrogen (secondary N) is 1. The number of hydrogen-bond donors (Lipinski definition) is 4. The predicted octanol–water partition coefficient (Wildman–Crippen LogP) is -1.58. The van der Waals surface area contributed by atoms with Crippen LogP contribution in [0, 0.1) is 12.3 Å². The number of aliphatic hydroxyl groups is 2. The molecule has 142 valence electrons. The quantitative estimate of drug-likeness (QED) is 0.209. The minimum Gasteiger partial charge on any atom is -0.390 e. The molecule has 1 saturated heterocycles. The first-order chi connectivity index (χ1) is 12.9. The number of ether oxygens (including phenoxy) is 1. The van der Waals surface area contributed by atoms with E-state index < -0.39 is 35.8 Å². The largest absolute Gasteiger partial charge is 0.390 e. The maximum atomic E-state index is 12.8. The van der Waals surface area contributed by atoms with Crippen LogP contribution in [0.1, 0.15) is 12.6 Å². The van der Waals surface area contributed by atoms with Crippen molar-refractivity contribution >= 4 is 17.1 Å². The molecule has 3 rings (SSSR count). The van der Waals surface area contributed by atoms with Gasteiger partial charge in [-0.1, -0.05) is 11.0 Å². The van der Waals surface area contributed by atoms with Gasteiger partial charge in [0.1, 0.15) is 6.10 Å². The zero-order chi connectivity index (χ0) is 19.7. The highest BCUT2D eigenvalue weighted by atomic mass is 16.5. The van der Waals surface area contributed by atoms with E-state index in [2.05, 4.69) is 25.9 Å². The van der Waals surface area contributed by atoms with Crippen LogP contribution >= 0.6 is 0 Å². The van der Waals surface area contributed by atoms with Crippen molar-refractivity contribution < 1.29 is 14.9 Å². The van der Waals surface area contributed by atoms with E-state index in [1.54, 1.807) is 0 Å². The Hall–Kier alpha value is -3.30. The Balaban J connectivity index is 2.11. The Morgan fingerprint density at radius 2 is 2.33 bits per heavy atom. The number of aliphatic hydroxyl groups excluding tert-OH is 2. The molecule has 0 spiro atoms. The summed E-state index contributed by atoms with van der Waals surface area (Å²) in [6.45, 7) is -0.470. The number of H-pyrrole nitrogens is 1. The Bertz CT molecular complexity index is 1070. The molecule has 1 fully saturated rings. The SMILES string of the molecule is C#CCn1c(=O)n([C@@H]2O[C@H]([C@@H](O)CN=[N+]=[N-])C[C@H]2O)c2nc(N)[nH]c(=O)c21. The van der Waals surface area contributed by atoms with Gasteiger partial charge in [-0.3, -0.25) is 14.3 Å². The molecule has 0 aromatic carbocycles. The summed E-state index contributed by atoms with van der Waals surface area (Å²) in [5, 5.41) is 23.6. The van der Waals surface area contributed by atoms with Crippen molar-refractivity contribution in [2.45, 2.75) is 37.5 Å². The van der Waals surface area contributed by atoms with Crippen LogP contribution in [0.3, 0.4) is 0 Å². The van der Waals surface area contributed by atoms with E-state index in [-0.39, 0.29) is 36.6 Å². The van der Waals surface area contributed by atoms with Crippen LogP contribution in [-0.4, -0.2) is 54.2 Å². The molecule has 3 heterocycles. The van der Waals surface area contributed by atoms with Crippen molar-refractivity contribution in [3.8, 4) is 12.3 Å². The first-order valence-corrected chi connectivity index (χ1v) is 7.85. The number of hydrogen-bond acceptors (Lipinski definition) is 8. The Labute approximate surface area is 150 Å². The maximum Gasteiger partial charge on any atom is 0.333 e. The van der Waals surface area contributed by atoms with Gasteiger partial charge in [0, 0.05) is 11.3 Å². The van der Waals surface area contributed by atoms with E-state index >= 15 is 0 Å². The summed E-state index contributed by atoms with van der Waals surface area (Å²) in [5.41, 5.74) is 12.3. The maximum absolute atomic E-state index is 12.8. The zero-order valence-electron chi connectivity index (χ0n) is 13.9. The predicted molar refractivity (Wildman–Crippen MR) is 92.4 cm³/mol. The van der Waals surface area contributed by atoms with Crippen LogP contribution < -0.4 is 17.0 Å². The van der Waals surface area contributed by atoms with E-state index in [9.17, 15) is 19.8 Å². The number of aromatic amines is 1. The summed E-state index contributed by atoms with van der Waals surface area (Å²) in [6.07, 6.45) is 0.730. The van der Waals surface area contributed by atoms with Crippen LogP contribution in [0.5, 0.6) is 0 Å². The lowest BCUT2D eigenvalue weighted by Crippen LogP contribution is -2.32. The summed E-state index contributed by atoms with van der Waals surface area (Å²) in [7, 11) is 0. The van der Waals surface area contributed by atoms with E-state index in [4.69, 9.17) is 22.4 Å². The number of anilines is 1. The van der Waals surface area contributed by atoms with Crippen LogP contribution in [0.15, 0.2) is 14.7 Å². The van der Waals surface area contributed by atoms with E-state index in [0.717, 1.165) is 9.13 Å². The number of fused-ring (bicyclic) bond motifs is 1. The van der Waals surface area contributed by atoms with E-state index in [1.165, 1.54) is 0 Å². The second-order valence-corrected chi connectivity index (χ2v) is 5.92. The molecule has 4 atom stereocenters. The fourth-order valence-corrected chi connectivity index (χ4v) is 3.07. The van der Waals surface area contributed by atoms with Crippen molar-refractivity contribution in [1.82, 2.24) is 19.1 Å². The normalized spacial score (nSPS) is 23.1. The molecule has 2 aromatic rings. The second-order valence-electron chi connectivity index (χ2n) is 5.92. The molecule has 13 heteroatoms. The van der Waals surface area contributed by atoms with Crippen molar-refractivity contribution in [3.05, 3.63) is 31.3 Å². The summed E-state index contributed by atoms with van der Waals surface area (Å²) in [5.74, 6) is 2.04. The number of nitrogens with two attached hydrogens (primary N) is 1. The molecule has 0 amide bonds. The lowest BCUT2D eigenvalue weighted by molar-refractivity contribution is -0.0729. The van der Waals surface area contributed by atoms with E-state index in [0.29, 0.717) is 0 Å². The van der Waals surface area contributed by atoms with Gasteiger partial charge in [-0.2, -0.15) is 4.98 Å². The summed E-state index contributed by atoms with van der Waals surface area (Å²) >= 11 is 0. The third-order valence-corrected chi connectivity index (χ3v) is 4.21. The van der Waals surface area contributed by atoms with Gasteiger partial charge in [0.05, 0.1) is 25.3 Å². The van der Waals surface area contributed by atoms with Gasteiger partial charge in [0.2, 0.25) is 5.95 Å². The minimum atomic E-state index is -1.24. The molecule has 0 radical (unpaired) electrons. The molecule has 27 heavy (non-hydrogen) atoms. The Morgan fingerprint density at radius 3 is 3.00 bits per heavy atom. The number of rotatable bonds is 5. The highest BCUT2D eigenvalue weighted by Gasteiger charge is 2.41. The number of terminal acetylenes is 1. The van der Waals surface area contributed by atoms with Crippen LogP contribution in [0.4, 0.5) is 5.95 Å². The molecule has 13 nitrogen and oxygen atoms in total. The van der Waals surface area contributed by atoms with Crippen LogP contribution in [-0.2, 0) is 11.3 Å². The minimum absolute atomic E-state index is 0.0281. The van der Waals surface area contributed by atoms with Gasteiger partial charge in [-0.15, -0.1) is 6.42 Å². The fourth-order valence-electron chi connectivity index (χ4n) is 3.07. The topological polar surface area (TPSA) is 197 Å². The van der Waals surface area contributed by atoms with Crippen LogP contribution in [0.2, 0.25) is 0 Å². The Kier molecular flexibility index (Phi) is 4.89. The number of nitrogens with zero attached hydrogens (tertiary/aromatic N) is 6. The molecule has 0 unspecified atom stereocenters. The third-order valence-electron chi connectivity index (χ3n) is 4.21. The standard InChI is InChI=1S/C14H16N8O5/c1-2-3-21-9-10(18-13(15)19-11(9)25)22(14(21)26)12-6(23)4-8(27-12)7(24)5-17-20-16/h1,6-8,12,23-24H,3-5H2,(H3,15,18,19,25)/t6-,7+,8+,12-/m1/s1. The first-order valence-electron chi connectivity index (χ1n) is 7.85. The molecule has 0 aliphatic carbocycles. The molecule has 1 aliphatic heterocycles. The molecule has 1 aliphatic rings. The number of nitrogen functional groups attached to an aromatic ring is 1. The molecular weight excluding hydrogens is 360 g/mol. The van der Waals surface area contributed by atoms with Gasteiger partial charge < -0.3 is 20.7 Å². The zero-order valence-corrected chi connectivity index (χ0v) is 13.9. The monoisotopic (exact) mass is 376 g/mol. The fraction of sp³-hybridized carbons (Fsp3) is 0.500. The van der Waals surface area contributed by atoms with Crippen LogP contribution in [0.25, 0.3) is 21.6 Å². The molecule has 0 bridgehead atoms. The number of azide groups is 1. The van der Waals surface area contributed by atoms with Crippen molar-refractivity contribution in [3.63, 3.8) is 0 Å². The summed E-state index contributed by atoms with van der Waals surface area (Å²) in [4.78, 5) is 33.8. The first kappa shape index (κ1) is 18.5. The Morgan fingerprint density at radius 1 is 1.59 bits per heavy atom. The van der Waals surface area contributed by atoms with Gasteiger partial charge >= 0.3 is 5.69 Å². The van der Waals surface area contributed by atoms with Crippen molar-refractivity contribution in [2.75, 3.05) is 12.3 Å². The van der Waals surface area contributed by atoms with Gasteiger partial charge in [0.15, 0.2) is 17.4 Å². The lowest BCUT2D eigenvalue weighted by Gasteiger charge is -2.18. The molecular formula is C14H16N8O5. The van der Waals surface area contributed by atoms with Gasteiger partial charge in [-0.05, 0) is 5.53 Å².